The number of aromatic nitrogens is 4. The Labute approximate surface area is 202 Å². The van der Waals surface area contributed by atoms with Gasteiger partial charge in [0.1, 0.15) is 17.3 Å². The van der Waals surface area contributed by atoms with Gasteiger partial charge in [0.2, 0.25) is 11.7 Å². The van der Waals surface area contributed by atoms with Crippen LogP contribution in [0.2, 0.25) is 0 Å². The van der Waals surface area contributed by atoms with Crippen LogP contribution in [0.4, 0.5) is 29.0 Å². The zero-order chi connectivity index (χ0) is 24.2. The molecule has 0 aliphatic carbocycles. The lowest BCUT2D eigenvalue weighted by molar-refractivity contribution is 0.122. The number of anilines is 5. The predicted octanol–water partition coefficient (Wildman–Crippen LogP) is 3.47. The first-order valence-corrected chi connectivity index (χ1v) is 11.2. The fraction of sp³-hybridized carbons (Fsp3) is 0.292. The monoisotopic (exact) mass is 477 g/mol. The first-order chi connectivity index (χ1) is 17.2. The summed E-state index contributed by atoms with van der Waals surface area (Å²) in [6, 6.07) is 9.48. The summed E-state index contributed by atoms with van der Waals surface area (Å²) in [5.41, 5.74) is 2.41. The molecule has 0 unspecified atom stereocenters. The Bertz CT molecular complexity index is 1300. The highest BCUT2D eigenvalue weighted by molar-refractivity contribution is 5.69. The molecule has 3 aromatic heterocycles. The van der Waals surface area contributed by atoms with Crippen molar-refractivity contribution in [2.24, 2.45) is 0 Å². The smallest absolute Gasteiger partial charge is 0.231 e. The van der Waals surface area contributed by atoms with Gasteiger partial charge in [-0.25, -0.2) is 4.98 Å². The van der Waals surface area contributed by atoms with Gasteiger partial charge in [-0.15, -0.1) is 0 Å². The largest absolute Gasteiger partial charge is 0.493 e. The molecule has 1 fully saturated rings. The number of morpholine rings is 1. The summed E-state index contributed by atoms with van der Waals surface area (Å²) in [5, 5.41) is 6.67. The van der Waals surface area contributed by atoms with E-state index in [4.69, 9.17) is 28.9 Å². The van der Waals surface area contributed by atoms with Crippen LogP contribution < -0.4 is 29.7 Å². The maximum atomic E-state index is 5.51. The Morgan fingerprint density at radius 1 is 0.857 bits per heavy atom. The Hall–Kier alpha value is -4.25. The second-order valence-electron chi connectivity index (χ2n) is 7.81. The van der Waals surface area contributed by atoms with Gasteiger partial charge in [0, 0.05) is 67.3 Å². The van der Waals surface area contributed by atoms with Gasteiger partial charge in [-0.2, -0.15) is 9.97 Å². The molecule has 0 bridgehead atoms. The second-order valence-corrected chi connectivity index (χ2v) is 7.81. The number of hydrogen-bond acceptors (Lipinski definition) is 10. The van der Waals surface area contributed by atoms with Crippen molar-refractivity contribution in [2.75, 3.05) is 63.2 Å². The Morgan fingerprint density at radius 2 is 1.63 bits per heavy atom. The molecule has 11 heteroatoms. The molecule has 5 rings (SSSR count). The van der Waals surface area contributed by atoms with E-state index < -0.39 is 0 Å². The molecule has 0 amide bonds. The van der Waals surface area contributed by atoms with E-state index in [1.54, 1.807) is 27.5 Å². The van der Waals surface area contributed by atoms with Crippen molar-refractivity contribution in [3.05, 3.63) is 48.9 Å². The number of nitrogens with zero attached hydrogens (tertiary/aromatic N) is 5. The van der Waals surface area contributed by atoms with Gasteiger partial charge in [0.05, 0.1) is 34.5 Å². The minimum absolute atomic E-state index is 0.424. The number of nitrogens with one attached hydrogen (secondary N) is 2. The van der Waals surface area contributed by atoms with Gasteiger partial charge >= 0.3 is 0 Å². The van der Waals surface area contributed by atoms with Crippen molar-refractivity contribution >= 4 is 34.6 Å². The van der Waals surface area contributed by atoms with Crippen LogP contribution in [-0.2, 0) is 4.74 Å². The average Bonchev–Trinajstić information content (AvgIpc) is 3.36. The van der Waals surface area contributed by atoms with Crippen LogP contribution in [0.1, 0.15) is 0 Å². The molecular formula is C24H27N7O4. The highest BCUT2D eigenvalue weighted by Crippen LogP contribution is 2.40. The third kappa shape index (κ3) is 4.85. The number of pyridine rings is 1. The van der Waals surface area contributed by atoms with Crippen molar-refractivity contribution in [1.29, 1.82) is 0 Å². The number of hydrogen-bond donors (Lipinski definition) is 2. The van der Waals surface area contributed by atoms with E-state index in [9.17, 15) is 0 Å². The zero-order valence-corrected chi connectivity index (χ0v) is 19.8. The Balaban J connectivity index is 1.49. The molecule has 1 saturated heterocycles. The fourth-order valence-electron chi connectivity index (χ4n) is 3.93. The lowest BCUT2D eigenvalue weighted by atomic mass is 10.2. The van der Waals surface area contributed by atoms with E-state index in [0.717, 1.165) is 30.2 Å². The minimum atomic E-state index is 0.424. The molecule has 1 aromatic carbocycles. The van der Waals surface area contributed by atoms with Gasteiger partial charge in [0.25, 0.3) is 0 Å². The van der Waals surface area contributed by atoms with E-state index in [0.29, 0.717) is 47.9 Å². The number of ether oxygens (including phenoxy) is 4. The molecule has 4 heterocycles. The molecule has 35 heavy (non-hydrogen) atoms. The van der Waals surface area contributed by atoms with Gasteiger partial charge in [-0.1, -0.05) is 0 Å². The minimum Gasteiger partial charge on any atom is -0.493 e. The lowest BCUT2D eigenvalue weighted by Gasteiger charge is -2.28. The average molecular weight is 478 g/mol. The molecule has 11 nitrogen and oxygen atoms in total. The molecule has 2 N–H and O–H groups in total. The normalized spacial score (nSPS) is 13.5. The topological polar surface area (TPSA) is 107 Å². The van der Waals surface area contributed by atoms with E-state index >= 15 is 0 Å². The Kier molecular flexibility index (Phi) is 6.40. The molecule has 0 radical (unpaired) electrons. The Morgan fingerprint density at radius 3 is 2.34 bits per heavy atom. The van der Waals surface area contributed by atoms with Crippen molar-refractivity contribution < 1.29 is 18.9 Å². The third-order valence-electron chi connectivity index (χ3n) is 5.64. The second kappa shape index (κ2) is 9.94. The van der Waals surface area contributed by atoms with E-state index in [1.807, 2.05) is 47.1 Å². The standard InChI is InChI=1S/C24H27N7O4/c1-32-18-12-17(13-19(33-2)23(18)34-3)27-24-28-20(15-22(29-24)31-8-10-35-11-9-31)26-16-4-6-30-7-5-25-21(30)14-16/h4-7,12-15H,8-11H2,1-3H3,(H2,26,27,28,29). The summed E-state index contributed by atoms with van der Waals surface area (Å²) < 4.78 is 23.8. The molecule has 4 aromatic rings. The lowest BCUT2D eigenvalue weighted by Crippen LogP contribution is -2.36. The summed E-state index contributed by atoms with van der Waals surface area (Å²) in [5.74, 6) is 3.44. The molecule has 182 valence electrons. The SMILES string of the molecule is COc1cc(Nc2nc(Nc3ccn4ccnc4c3)cc(N3CCOCC3)n2)cc(OC)c1OC. The summed E-state index contributed by atoms with van der Waals surface area (Å²) in [4.78, 5) is 16.0. The quantitative estimate of drug-likeness (QED) is 0.392. The van der Waals surface area contributed by atoms with E-state index in [1.165, 1.54) is 0 Å². The maximum absolute atomic E-state index is 5.51. The van der Waals surface area contributed by atoms with Crippen molar-refractivity contribution in [3.63, 3.8) is 0 Å². The zero-order valence-electron chi connectivity index (χ0n) is 19.8. The molecule has 1 aliphatic heterocycles. The van der Waals surface area contributed by atoms with Crippen molar-refractivity contribution in [2.45, 2.75) is 0 Å². The predicted molar refractivity (Wildman–Crippen MR) is 133 cm³/mol. The molecule has 1 aliphatic rings. The summed E-state index contributed by atoms with van der Waals surface area (Å²) >= 11 is 0. The number of fused-ring (bicyclic) bond motifs is 1. The van der Waals surface area contributed by atoms with Crippen LogP contribution in [0, 0.1) is 0 Å². The van der Waals surface area contributed by atoms with Gasteiger partial charge in [-0.05, 0) is 6.07 Å². The first-order valence-electron chi connectivity index (χ1n) is 11.2. The third-order valence-corrected chi connectivity index (χ3v) is 5.64. The van der Waals surface area contributed by atoms with Gasteiger partial charge in [-0.3, -0.25) is 0 Å². The van der Waals surface area contributed by atoms with Crippen molar-refractivity contribution in [3.8, 4) is 17.2 Å². The fourth-order valence-corrected chi connectivity index (χ4v) is 3.93. The number of rotatable bonds is 8. The number of benzene rings is 1. The summed E-state index contributed by atoms with van der Waals surface area (Å²) in [7, 11) is 4.73. The van der Waals surface area contributed by atoms with Crippen molar-refractivity contribution in [1.82, 2.24) is 19.4 Å². The highest BCUT2D eigenvalue weighted by atomic mass is 16.5. The van der Waals surface area contributed by atoms with Crippen LogP contribution in [-0.4, -0.2) is 67.0 Å². The van der Waals surface area contributed by atoms with Crippen LogP contribution in [0.25, 0.3) is 5.65 Å². The molecule has 0 saturated carbocycles. The highest BCUT2D eigenvalue weighted by Gasteiger charge is 2.17. The summed E-state index contributed by atoms with van der Waals surface area (Å²) in [6.07, 6.45) is 5.61. The van der Waals surface area contributed by atoms with Gasteiger partial charge in [0.15, 0.2) is 11.5 Å². The molecule has 0 spiro atoms. The van der Waals surface area contributed by atoms with E-state index in [2.05, 4.69) is 20.5 Å². The number of methoxy groups -OCH3 is 3. The van der Waals surface area contributed by atoms with Crippen LogP contribution in [0.3, 0.4) is 0 Å². The van der Waals surface area contributed by atoms with E-state index in [-0.39, 0.29) is 0 Å². The maximum Gasteiger partial charge on any atom is 0.231 e. The van der Waals surface area contributed by atoms with Gasteiger partial charge < -0.3 is 38.9 Å². The van der Waals surface area contributed by atoms with Crippen LogP contribution >= 0.6 is 0 Å². The first kappa shape index (κ1) is 22.5. The number of imidazole rings is 1. The molecule has 0 atom stereocenters. The van der Waals surface area contributed by atoms with Crippen LogP contribution in [0.5, 0.6) is 17.2 Å². The summed E-state index contributed by atoms with van der Waals surface area (Å²) in [6.45, 7) is 2.80. The molecular weight excluding hydrogens is 450 g/mol. The van der Waals surface area contributed by atoms with Crippen LogP contribution in [0.15, 0.2) is 48.9 Å².